The molecule has 1 atom stereocenters. The monoisotopic (exact) mass is 308 g/mol. The number of nitrogens with one attached hydrogen (secondary N) is 1. The summed E-state index contributed by atoms with van der Waals surface area (Å²) in [6, 6.07) is 5.10. The zero-order valence-corrected chi connectivity index (χ0v) is 13.4. The lowest BCUT2D eigenvalue weighted by molar-refractivity contribution is -0.125. The van der Waals surface area contributed by atoms with E-state index in [9.17, 15) is 9.59 Å². The van der Waals surface area contributed by atoms with Gasteiger partial charge in [-0.1, -0.05) is 31.5 Å². The van der Waals surface area contributed by atoms with Gasteiger partial charge in [0.1, 0.15) is 6.04 Å². The number of amides is 2. The molecular formula is C16H21ClN2O2. The summed E-state index contributed by atoms with van der Waals surface area (Å²) in [6.07, 6.45) is 0.951. The second-order valence-corrected chi connectivity index (χ2v) is 6.33. The van der Waals surface area contributed by atoms with Crippen molar-refractivity contribution in [2.45, 2.75) is 39.7 Å². The Morgan fingerprint density at radius 2 is 2.10 bits per heavy atom. The van der Waals surface area contributed by atoms with Crippen molar-refractivity contribution in [3.05, 3.63) is 28.8 Å². The van der Waals surface area contributed by atoms with Crippen LogP contribution in [-0.4, -0.2) is 24.4 Å². The Hall–Kier alpha value is -1.55. The maximum absolute atomic E-state index is 12.7. The lowest BCUT2D eigenvalue weighted by Gasteiger charge is -2.25. The van der Waals surface area contributed by atoms with Crippen LogP contribution < -0.4 is 10.2 Å². The van der Waals surface area contributed by atoms with Gasteiger partial charge in [-0.05, 0) is 37.0 Å². The average Bonchev–Trinajstić information content (AvgIpc) is 2.53. The summed E-state index contributed by atoms with van der Waals surface area (Å²) in [7, 11) is 0. The normalized spacial score (nSPS) is 19.7. The lowest BCUT2D eigenvalue weighted by Crippen LogP contribution is -2.45. The Labute approximate surface area is 130 Å². The fraction of sp³-hybridized carbons (Fsp3) is 0.500. The highest BCUT2D eigenvalue weighted by Gasteiger charge is 2.31. The molecule has 0 spiro atoms. The van der Waals surface area contributed by atoms with Gasteiger partial charge in [-0.2, -0.15) is 0 Å². The van der Waals surface area contributed by atoms with Crippen LogP contribution in [-0.2, 0) is 9.59 Å². The van der Waals surface area contributed by atoms with Crippen LogP contribution in [0.5, 0.6) is 0 Å². The van der Waals surface area contributed by atoms with Crippen molar-refractivity contribution in [1.82, 2.24) is 5.32 Å². The molecule has 4 nitrogen and oxygen atoms in total. The predicted octanol–water partition coefficient (Wildman–Crippen LogP) is 2.92. The van der Waals surface area contributed by atoms with E-state index in [0.29, 0.717) is 30.3 Å². The van der Waals surface area contributed by atoms with Crippen molar-refractivity contribution < 1.29 is 9.59 Å². The number of aryl methyl sites for hydroxylation is 1. The zero-order valence-electron chi connectivity index (χ0n) is 12.6. The summed E-state index contributed by atoms with van der Waals surface area (Å²) in [5.41, 5.74) is 1.72. The number of carbonyl (C=O) groups excluding carboxylic acids is 2. The Morgan fingerprint density at radius 3 is 2.71 bits per heavy atom. The number of hydrogen-bond acceptors (Lipinski definition) is 2. The predicted molar refractivity (Wildman–Crippen MR) is 84.5 cm³/mol. The number of anilines is 1. The first-order valence-electron chi connectivity index (χ1n) is 7.25. The Balaban J connectivity index is 2.30. The first-order valence-corrected chi connectivity index (χ1v) is 7.63. The lowest BCUT2D eigenvalue weighted by atomic mass is 10.0. The van der Waals surface area contributed by atoms with E-state index in [-0.39, 0.29) is 11.8 Å². The van der Waals surface area contributed by atoms with E-state index in [4.69, 9.17) is 11.6 Å². The Kier molecular flexibility index (Phi) is 4.88. The van der Waals surface area contributed by atoms with E-state index < -0.39 is 6.04 Å². The molecule has 1 aliphatic heterocycles. The molecular weight excluding hydrogens is 288 g/mol. The van der Waals surface area contributed by atoms with Crippen molar-refractivity contribution in [1.29, 1.82) is 0 Å². The standard InChI is InChI=1S/C16H21ClN2O2/c1-10(2)8-14-16(21)19(7-6-15(20)18-14)12-5-4-11(3)13(17)9-12/h4-5,9-10,14H,6-8H2,1-3H3,(H,18,20). The molecule has 21 heavy (non-hydrogen) atoms. The summed E-state index contributed by atoms with van der Waals surface area (Å²) >= 11 is 6.15. The number of rotatable bonds is 3. The van der Waals surface area contributed by atoms with Gasteiger partial charge in [-0.3, -0.25) is 9.59 Å². The van der Waals surface area contributed by atoms with Crippen LogP contribution in [0.25, 0.3) is 0 Å². The SMILES string of the molecule is Cc1ccc(N2CCC(=O)NC(CC(C)C)C2=O)cc1Cl. The first kappa shape index (κ1) is 15.8. The molecule has 114 valence electrons. The molecule has 1 N–H and O–H groups in total. The van der Waals surface area contributed by atoms with Crippen molar-refractivity contribution in [3.8, 4) is 0 Å². The highest BCUT2D eigenvalue weighted by Crippen LogP contribution is 2.25. The van der Waals surface area contributed by atoms with Crippen LogP contribution in [0.1, 0.15) is 32.3 Å². The van der Waals surface area contributed by atoms with Gasteiger partial charge in [0.15, 0.2) is 0 Å². The van der Waals surface area contributed by atoms with Crippen molar-refractivity contribution in [2.75, 3.05) is 11.4 Å². The van der Waals surface area contributed by atoms with Gasteiger partial charge >= 0.3 is 0 Å². The molecule has 1 aromatic carbocycles. The molecule has 0 radical (unpaired) electrons. The minimum Gasteiger partial charge on any atom is -0.344 e. The van der Waals surface area contributed by atoms with E-state index >= 15 is 0 Å². The van der Waals surface area contributed by atoms with E-state index in [1.165, 1.54) is 0 Å². The number of hydrogen-bond donors (Lipinski definition) is 1. The number of benzene rings is 1. The van der Waals surface area contributed by atoms with Crippen molar-refractivity contribution in [2.24, 2.45) is 5.92 Å². The van der Waals surface area contributed by atoms with Crippen LogP contribution in [0.15, 0.2) is 18.2 Å². The van der Waals surface area contributed by atoms with E-state index in [1.54, 1.807) is 11.0 Å². The number of nitrogens with zero attached hydrogens (tertiary/aromatic N) is 1. The average molecular weight is 309 g/mol. The molecule has 2 amide bonds. The molecule has 1 aliphatic rings. The zero-order chi connectivity index (χ0) is 15.6. The molecule has 1 fully saturated rings. The highest BCUT2D eigenvalue weighted by atomic mass is 35.5. The fourth-order valence-electron chi connectivity index (χ4n) is 2.48. The largest absolute Gasteiger partial charge is 0.344 e. The highest BCUT2D eigenvalue weighted by molar-refractivity contribution is 6.31. The Morgan fingerprint density at radius 1 is 1.38 bits per heavy atom. The minimum absolute atomic E-state index is 0.0607. The molecule has 2 rings (SSSR count). The van der Waals surface area contributed by atoms with Gasteiger partial charge in [0.05, 0.1) is 0 Å². The molecule has 0 bridgehead atoms. The van der Waals surface area contributed by atoms with Crippen LogP contribution in [0, 0.1) is 12.8 Å². The van der Waals surface area contributed by atoms with Gasteiger partial charge in [-0.15, -0.1) is 0 Å². The smallest absolute Gasteiger partial charge is 0.249 e. The summed E-state index contributed by atoms with van der Waals surface area (Å²) in [6.45, 7) is 6.39. The molecule has 5 heteroatoms. The third-order valence-electron chi connectivity index (χ3n) is 3.64. The van der Waals surface area contributed by atoms with Crippen molar-refractivity contribution >= 4 is 29.1 Å². The van der Waals surface area contributed by atoms with Gasteiger partial charge in [0.25, 0.3) is 0 Å². The minimum atomic E-state index is -0.458. The third-order valence-corrected chi connectivity index (χ3v) is 4.04. The molecule has 0 saturated carbocycles. The van der Waals surface area contributed by atoms with E-state index in [2.05, 4.69) is 5.32 Å². The van der Waals surface area contributed by atoms with E-state index in [0.717, 1.165) is 11.3 Å². The van der Waals surface area contributed by atoms with Gasteiger partial charge < -0.3 is 10.2 Å². The summed E-state index contributed by atoms with van der Waals surface area (Å²) in [4.78, 5) is 26.2. The number of carbonyl (C=O) groups is 2. The summed E-state index contributed by atoms with van der Waals surface area (Å²) in [5, 5.41) is 3.45. The van der Waals surface area contributed by atoms with E-state index in [1.807, 2.05) is 32.9 Å². The van der Waals surface area contributed by atoms with Crippen LogP contribution in [0.4, 0.5) is 5.69 Å². The molecule has 1 unspecified atom stereocenters. The van der Waals surface area contributed by atoms with Crippen LogP contribution >= 0.6 is 11.6 Å². The Bertz CT molecular complexity index is 557. The maximum atomic E-state index is 12.7. The molecule has 0 aliphatic carbocycles. The fourth-order valence-corrected chi connectivity index (χ4v) is 2.65. The van der Waals surface area contributed by atoms with Crippen molar-refractivity contribution in [3.63, 3.8) is 0 Å². The maximum Gasteiger partial charge on any atom is 0.249 e. The molecule has 1 heterocycles. The van der Waals surface area contributed by atoms with Crippen LogP contribution in [0.2, 0.25) is 5.02 Å². The molecule has 1 aromatic rings. The third kappa shape index (κ3) is 3.76. The molecule has 1 saturated heterocycles. The second-order valence-electron chi connectivity index (χ2n) is 5.92. The second kappa shape index (κ2) is 6.48. The van der Waals surface area contributed by atoms with Crippen LogP contribution in [0.3, 0.4) is 0 Å². The number of halogens is 1. The summed E-state index contributed by atoms with van der Waals surface area (Å²) < 4.78 is 0. The summed E-state index contributed by atoms with van der Waals surface area (Å²) in [5.74, 6) is 0.199. The van der Waals surface area contributed by atoms with Gasteiger partial charge in [0.2, 0.25) is 11.8 Å². The van der Waals surface area contributed by atoms with Gasteiger partial charge in [-0.25, -0.2) is 0 Å². The first-order chi connectivity index (χ1) is 9.88. The van der Waals surface area contributed by atoms with Gasteiger partial charge in [0, 0.05) is 23.7 Å². The topological polar surface area (TPSA) is 49.4 Å². The quantitative estimate of drug-likeness (QED) is 0.933. The molecule has 0 aromatic heterocycles.